The minimum absolute atomic E-state index is 0.681. The first-order valence-corrected chi connectivity index (χ1v) is 4.86. The van der Waals surface area contributed by atoms with Gasteiger partial charge in [-0.2, -0.15) is 13.2 Å². The molecule has 0 heterocycles. The number of amides is 1. The lowest BCUT2D eigenvalue weighted by Gasteiger charge is -2.39. The lowest BCUT2D eigenvalue weighted by Crippen LogP contribution is -2.58. The Morgan fingerprint density at radius 3 is 1.69 bits per heavy atom. The number of hydrogen-bond acceptors (Lipinski definition) is 2. The highest BCUT2D eigenvalue weighted by Gasteiger charge is 2.45. The van der Waals surface area contributed by atoms with Crippen molar-refractivity contribution in [1.29, 1.82) is 0 Å². The van der Waals surface area contributed by atoms with Crippen LogP contribution in [-0.2, 0) is 4.79 Å². The van der Waals surface area contributed by atoms with Crippen LogP contribution in [0.1, 0.15) is 34.6 Å². The molecule has 1 amide bonds. The van der Waals surface area contributed by atoms with Gasteiger partial charge in [0.15, 0.2) is 0 Å². The molecule has 0 saturated carbocycles. The summed E-state index contributed by atoms with van der Waals surface area (Å²) < 4.78 is 36.3. The lowest BCUT2D eigenvalue weighted by molar-refractivity contribution is -0.177. The van der Waals surface area contributed by atoms with E-state index in [0.717, 1.165) is 0 Å². The van der Waals surface area contributed by atoms with Crippen LogP contribution in [0, 0.1) is 5.41 Å². The topological polar surface area (TPSA) is 49.3 Å². The molecule has 0 saturated heterocycles. The van der Waals surface area contributed by atoms with Crippen LogP contribution in [0.5, 0.6) is 0 Å². The Morgan fingerprint density at radius 2 is 1.50 bits per heavy atom. The van der Waals surface area contributed by atoms with Gasteiger partial charge in [0, 0.05) is 0 Å². The van der Waals surface area contributed by atoms with E-state index in [1.54, 1.807) is 20.8 Å². The van der Waals surface area contributed by atoms with Crippen molar-refractivity contribution in [3.8, 4) is 0 Å². The van der Waals surface area contributed by atoms with Crippen molar-refractivity contribution >= 4 is 5.91 Å². The summed E-state index contributed by atoms with van der Waals surface area (Å²) in [5.41, 5.74) is -2.11. The van der Waals surface area contributed by atoms with E-state index >= 15 is 0 Å². The van der Waals surface area contributed by atoms with Crippen molar-refractivity contribution in [3.63, 3.8) is 0 Å². The molecule has 0 rings (SSSR count). The lowest BCUT2D eigenvalue weighted by atomic mass is 9.78. The highest BCUT2D eigenvalue weighted by Crippen LogP contribution is 2.29. The second kappa shape index (κ2) is 4.24. The van der Waals surface area contributed by atoms with Crippen LogP contribution in [-0.4, -0.2) is 28.8 Å². The van der Waals surface area contributed by atoms with E-state index in [9.17, 15) is 23.1 Å². The van der Waals surface area contributed by atoms with E-state index in [0.29, 0.717) is 0 Å². The first kappa shape index (κ1) is 15.2. The second-order valence-corrected chi connectivity index (χ2v) is 5.42. The molecule has 6 heteroatoms. The number of nitrogens with one attached hydrogen (secondary N) is 1. The number of aliphatic hydroxyl groups is 1. The second-order valence-electron chi connectivity index (χ2n) is 5.42. The van der Waals surface area contributed by atoms with Gasteiger partial charge in [0.25, 0.3) is 0 Å². The van der Waals surface area contributed by atoms with Crippen molar-refractivity contribution in [2.24, 2.45) is 5.41 Å². The molecule has 0 aliphatic heterocycles. The molecule has 0 fully saturated rings. The SMILES string of the molecule is CC(C)(C)[C@H](NC(=O)C(F)(F)F)C(C)(C)O. The largest absolute Gasteiger partial charge is 0.471 e. The third-order valence-electron chi connectivity index (χ3n) is 2.11. The zero-order valence-electron chi connectivity index (χ0n) is 10.1. The van der Waals surface area contributed by atoms with Crippen molar-refractivity contribution in [3.05, 3.63) is 0 Å². The van der Waals surface area contributed by atoms with Gasteiger partial charge in [-0.3, -0.25) is 4.79 Å². The third kappa shape index (κ3) is 4.38. The van der Waals surface area contributed by atoms with E-state index in [1.165, 1.54) is 13.8 Å². The van der Waals surface area contributed by atoms with E-state index in [1.807, 2.05) is 5.32 Å². The third-order valence-corrected chi connectivity index (χ3v) is 2.11. The van der Waals surface area contributed by atoms with E-state index in [-0.39, 0.29) is 0 Å². The first-order chi connectivity index (χ1) is 6.76. The van der Waals surface area contributed by atoms with Gasteiger partial charge in [0.2, 0.25) is 0 Å². The zero-order chi connectivity index (χ0) is 13.4. The maximum atomic E-state index is 12.1. The van der Waals surface area contributed by atoms with Crippen LogP contribution < -0.4 is 5.32 Å². The molecule has 0 bridgehead atoms. The van der Waals surface area contributed by atoms with Gasteiger partial charge < -0.3 is 10.4 Å². The van der Waals surface area contributed by atoms with Gasteiger partial charge in [-0.1, -0.05) is 20.8 Å². The number of carbonyl (C=O) groups excluding carboxylic acids is 1. The molecule has 0 aromatic heterocycles. The summed E-state index contributed by atoms with van der Waals surface area (Å²) in [5, 5.41) is 11.6. The molecule has 16 heavy (non-hydrogen) atoms. The number of alkyl halides is 3. The van der Waals surface area contributed by atoms with E-state index < -0.39 is 29.1 Å². The van der Waals surface area contributed by atoms with Gasteiger partial charge in [-0.05, 0) is 19.3 Å². The maximum Gasteiger partial charge on any atom is 0.471 e. The van der Waals surface area contributed by atoms with E-state index in [4.69, 9.17) is 0 Å². The van der Waals surface area contributed by atoms with Gasteiger partial charge in [0.1, 0.15) is 0 Å². The predicted octanol–water partition coefficient (Wildman–Crippen LogP) is 1.85. The number of hydrogen-bond donors (Lipinski definition) is 2. The van der Waals surface area contributed by atoms with Crippen LogP contribution in [0.4, 0.5) is 13.2 Å². The molecular formula is C10H18F3NO2. The Balaban J connectivity index is 4.93. The first-order valence-electron chi connectivity index (χ1n) is 4.86. The molecule has 0 spiro atoms. The van der Waals surface area contributed by atoms with E-state index in [2.05, 4.69) is 0 Å². The van der Waals surface area contributed by atoms with Crippen LogP contribution in [0.2, 0.25) is 0 Å². The smallest absolute Gasteiger partial charge is 0.388 e. The summed E-state index contributed by atoms with van der Waals surface area (Å²) in [4.78, 5) is 10.8. The summed E-state index contributed by atoms with van der Waals surface area (Å²) >= 11 is 0. The minimum atomic E-state index is -4.94. The Labute approximate surface area is 93.0 Å². The highest BCUT2D eigenvalue weighted by molar-refractivity contribution is 5.82. The molecule has 1 atom stereocenters. The van der Waals surface area contributed by atoms with Crippen molar-refractivity contribution in [2.45, 2.75) is 52.4 Å². The molecule has 0 aliphatic rings. The Hall–Kier alpha value is -0.780. The predicted molar refractivity (Wildman–Crippen MR) is 53.7 cm³/mol. The standard InChI is InChI=1S/C10H18F3NO2/c1-8(2,3)6(9(4,5)16)14-7(15)10(11,12)13/h6,16H,1-5H3,(H,14,15)/t6-/m0/s1. The molecule has 0 unspecified atom stereocenters. The monoisotopic (exact) mass is 241 g/mol. The molecule has 0 aromatic carbocycles. The van der Waals surface area contributed by atoms with Crippen LogP contribution in [0.15, 0.2) is 0 Å². The summed E-state index contributed by atoms with van der Waals surface area (Å²) in [5.74, 6) is -2.03. The summed E-state index contributed by atoms with van der Waals surface area (Å²) in [6.07, 6.45) is -4.94. The highest BCUT2D eigenvalue weighted by atomic mass is 19.4. The molecule has 0 aliphatic carbocycles. The van der Waals surface area contributed by atoms with Gasteiger partial charge in [-0.25, -0.2) is 0 Å². The van der Waals surface area contributed by atoms with Gasteiger partial charge in [0.05, 0.1) is 11.6 Å². The summed E-state index contributed by atoms with van der Waals surface area (Å²) in [6.45, 7) is 7.66. The normalized spacial score (nSPS) is 15.8. The fraction of sp³-hybridized carbons (Fsp3) is 0.900. The minimum Gasteiger partial charge on any atom is -0.388 e. The number of carbonyl (C=O) groups is 1. The number of halogens is 3. The summed E-state index contributed by atoms with van der Waals surface area (Å²) in [6, 6.07) is -0.992. The van der Waals surface area contributed by atoms with Gasteiger partial charge >= 0.3 is 12.1 Å². The van der Waals surface area contributed by atoms with Gasteiger partial charge in [-0.15, -0.1) is 0 Å². The maximum absolute atomic E-state index is 12.1. The molecule has 0 radical (unpaired) electrons. The quantitative estimate of drug-likeness (QED) is 0.775. The Morgan fingerprint density at radius 1 is 1.12 bits per heavy atom. The van der Waals surface area contributed by atoms with Crippen molar-refractivity contribution in [1.82, 2.24) is 5.32 Å². The van der Waals surface area contributed by atoms with Crippen LogP contribution in [0.25, 0.3) is 0 Å². The average Bonchev–Trinajstić information content (AvgIpc) is 1.92. The average molecular weight is 241 g/mol. The Bertz CT molecular complexity index is 247. The zero-order valence-corrected chi connectivity index (χ0v) is 10.1. The van der Waals surface area contributed by atoms with Crippen LogP contribution >= 0.6 is 0 Å². The Kier molecular flexibility index (Phi) is 4.03. The van der Waals surface area contributed by atoms with Crippen LogP contribution in [0.3, 0.4) is 0 Å². The van der Waals surface area contributed by atoms with Crippen molar-refractivity contribution < 1.29 is 23.1 Å². The molecule has 3 nitrogen and oxygen atoms in total. The number of rotatable bonds is 2. The van der Waals surface area contributed by atoms with Crippen molar-refractivity contribution in [2.75, 3.05) is 0 Å². The molecular weight excluding hydrogens is 223 g/mol. The summed E-state index contributed by atoms with van der Waals surface area (Å²) in [7, 11) is 0. The fourth-order valence-electron chi connectivity index (χ4n) is 1.67. The fourth-order valence-corrected chi connectivity index (χ4v) is 1.67. The molecule has 96 valence electrons. The molecule has 0 aromatic rings. The molecule has 2 N–H and O–H groups in total.